The summed E-state index contributed by atoms with van der Waals surface area (Å²) in [5, 5.41) is 10.2. The number of aliphatic hydroxyl groups excluding tert-OH is 1. The van der Waals surface area contributed by atoms with Crippen molar-refractivity contribution >= 4 is 33.0 Å². The van der Waals surface area contributed by atoms with E-state index in [-0.39, 0.29) is 5.75 Å². The maximum Gasteiger partial charge on any atom is 0.247 e. The van der Waals surface area contributed by atoms with E-state index < -0.39 is 19.6 Å². The summed E-state index contributed by atoms with van der Waals surface area (Å²) in [6.07, 6.45) is -1.52. The molecule has 0 saturated carbocycles. The molecule has 22 heavy (non-hydrogen) atoms. The van der Waals surface area contributed by atoms with Gasteiger partial charge in [-0.2, -0.15) is 0 Å². The van der Waals surface area contributed by atoms with Gasteiger partial charge in [0.2, 0.25) is 3.67 Å². The molecule has 0 saturated heterocycles. The van der Waals surface area contributed by atoms with Gasteiger partial charge in [0.05, 0.1) is 5.75 Å². The minimum Gasteiger partial charge on any atom is -0.384 e. The number of benzene rings is 2. The van der Waals surface area contributed by atoms with Gasteiger partial charge in [-0.1, -0.05) is 84.7 Å². The van der Waals surface area contributed by atoms with Crippen LogP contribution in [0.5, 0.6) is 0 Å². The van der Waals surface area contributed by atoms with Crippen LogP contribution in [0, 0.1) is 0 Å². The van der Waals surface area contributed by atoms with Gasteiger partial charge in [0.15, 0.2) is 9.84 Å². The fourth-order valence-corrected chi connectivity index (χ4v) is 3.81. The van der Waals surface area contributed by atoms with Crippen LogP contribution in [0.25, 0.3) is 11.1 Å². The molecule has 1 N–H and O–H groups in total. The van der Waals surface area contributed by atoms with Crippen LogP contribution in [0.1, 0.15) is 18.6 Å². The second-order valence-electron chi connectivity index (χ2n) is 4.86. The molecule has 0 unspecified atom stereocenters. The second-order valence-corrected chi connectivity index (χ2v) is 9.14. The van der Waals surface area contributed by atoms with Crippen LogP contribution in [0.2, 0.25) is 0 Å². The van der Waals surface area contributed by atoms with Crippen molar-refractivity contribution in [3.63, 3.8) is 0 Å². The zero-order chi connectivity index (χ0) is 16.4. The molecule has 0 spiro atoms. The molecule has 0 radical (unpaired) electrons. The van der Waals surface area contributed by atoms with Crippen molar-refractivity contribution in [3.05, 3.63) is 60.2 Å². The van der Waals surface area contributed by atoms with Crippen LogP contribution in [-0.2, 0) is 9.84 Å². The van der Waals surface area contributed by atoms with Crippen molar-refractivity contribution in [1.82, 2.24) is 0 Å². The molecule has 2 aromatic rings. The maximum atomic E-state index is 11.9. The zero-order valence-corrected chi connectivity index (χ0v) is 14.2. The third-order valence-electron chi connectivity index (χ3n) is 3.45. The molecule has 3 nitrogen and oxygen atoms in total. The van der Waals surface area contributed by atoms with E-state index in [1.807, 2.05) is 30.3 Å². The van der Waals surface area contributed by atoms with Crippen LogP contribution in [-0.4, -0.2) is 22.9 Å². The molecule has 0 aliphatic carbocycles. The summed E-state index contributed by atoms with van der Waals surface area (Å²) in [7, 11) is -3.83. The zero-order valence-electron chi connectivity index (χ0n) is 11.9. The first-order valence-electron chi connectivity index (χ1n) is 6.73. The summed E-state index contributed by atoms with van der Waals surface area (Å²) in [5.41, 5.74) is 2.32. The third kappa shape index (κ3) is 3.30. The molecular weight excluding hydrogens is 343 g/mol. The molecule has 0 aromatic heterocycles. The van der Waals surface area contributed by atoms with Crippen molar-refractivity contribution in [2.45, 2.75) is 16.7 Å². The van der Waals surface area contributed by atoms with Gasteiger partial charge in [-0.15, -0.1) is 0 Å². The van der Waals surface area contributed by atoms with E-state index in [0.29, 0.717) is 5.56 Å². The Morgan fingerprint density at radius 3 is 2.00 bits per heavy atom. The monoisotopic (exact) mass is 358 g/mol. The highest BCUT2D eigenvalue weighted by Crippen LogP contribution is 2.41. The molecule has 0 aliphatic heterocycles. The number of hydrogen-bond donors (Lipinski definition) is 1. The molecule has 0 amide bonds. The van der Waals surface area contributed by atoms with Crippen molar-refractivity contribution in [1.29, 1.82) is 0 Å². The third-order valence-corrected chi connectivity index (χ3v) is 7.08. The lowest BCUT2D eigenvalue weighted by Gasteiger charge is -2.25. The second kappa shape index (κ2) is 6.59. The Labute approximate surface area is 140 Å². The first-order valence-corrected chi connectivity index (χ1v) is 9.14. The minimum absolute atomic E-state index is 0.251. The van der Waals surface area contributed by atoms with Crippen LogP contribution < -0.4 is 0 Å². The van der Waals surface area contributed by atoms with Gasteiger partial charge in [-0.05, 0) is 16.7 Å². The Morgan fingerprint density at radius 1 is 1.00 bits per heavy atom. The number of sulfone groups is 1. The highest BCUT2D eigenvalue weighted by molar-refractivity contribution is 7.95. The van der Waals surface area contributed by atoms with E-state index in [2.05, 4.69) is 0 Å². The Hall–Kier alpha value is -1.07. The summed E-state index contributed by atoms with van der Waals surface area (Å²) in [6, 6.07) is 16.5. The molecule has 0 fully saturated rings. The molecule has 118 valence electrons. The van der Waals surface area contributed by atoms with Crippen molar-refractivity contribution in [2.24, 2.45) is 0 Å². The van der Waals surface area contributed by atoms with Crippen LogP contribution in [0.4, 0.5) is 0 Å². The smallest absolute Gasteiger partial charge is 0.247 e. The van der Waals surface area contributed by atoms with Gasteiger partial charge < -0.3 is 5.11 Å². The maximum absolute atomic E-state index is 11.9. The summed E-state index contributed by atoms with van der Waals surface area (Å²) < 4.78 is 21.5. The number of aliphatic hydroxyl groups is 1. The quantitative estimate of drug-likeness (QED) is 0.823. The molecule has 2 rings (SSSR count). The molecule has 0 aliphatic rings. The van der Waals surface area contributed by atoms with Gasteiger partial charge in [-0.25, -0.2) is 8.42 Å². The van der Waals surface area contributed by atoms with Gasteiger partial charge >= 0.3 is 0 Å². The lowest BCUT2D eigenvalue weighted by molar-refractivity contribution is 0.181. The predicted octanol–water partition coefficient (Wildman–Crippen LogP) is 3.95. The minimum atomic E-state index is -3.83. The van der Waals surface area contributed by atoms with E-state index in [1.165, 1.54) is 6.92 Å². The molecular formula is C16H16Cl2O3S. The molecule has 6 heteroatoms. The standard InChI is InChI=1S/C16H16Cl2O3S/c1-2-22(20,21)16(17,18)15(19)14-10-8-13(9-11-14)12-6-4-3-5-7-12/h3-11,15,19H,2H2,1H3/t15-/m0/s1. The molecule has 2 aromatic carbocycles. The average molecular weight is 359 g/mol. The van der Waals surface area contributed by atoms with Crippen LogP contribution in [0.3, 0.4) is 0 Å². The first kappa shape index (κ1) is 17.3. The molecule has 0 heterocycles. The summed E-state index contributed by atoms with van der Waals surface area (Å²) >= 11 is 11.8. The van der Waals surface area contributed by atoms with E-state index in [9.17, 15) is 13.5 Å². The largest absolute Gasteiger partial charge is 0.384 e. The van der Waals surface area contributed by atoms with Gasteiger partial charge in [0.1, 0.15) is 6.10 Å². The van der Waals surface area contributed by atoms with E-state index in [1.54, 1.807) is 24.3 Å². The van der Waals surface area contributed by atoms with Gasteiger partial charge in [0, 0.05) is 0 Å². The average Bonchev–Trinajstić information content (AvgIpc) is 2.55. The van der Waals surface area contributed by atoms with Gasteiger partial charge in [-0.3, -0.25) is 0 Å². The molecule has 1 atom stereocenters. The number of alkyl halides is 2. The lowest BCUT2D eigenvalue weighted by Crippen LogP contribution is -2.34. The number of rotatable bonds is 5. The van der Waals surface area contributed by atoms with E-state index >= 15 is 0 Å². The normalized spacial score (nSPS) is 13.8. The van der Waals surface area contributed by atoms with E-state index in [0.717, 1.165) is 11.1 Å². The van der Waals surface area contributed by atoms with Crippen LogP contribution >= 0.6 is 23.2 Å². The van der Waals surface area contributed by atoms with Crippen LogP contribution in [0.15, 0.2) is 54.6 Å². The van der Waals surface area contributed by atoms with Crippen molar-refractivity contribution < 1.29 is 13.5 Å². The van der Waals surface area contributed by atoms with Crippen molar-refractivity contribution in [3.8, 4) is 11.1 Å². The fourth-order valence-electron chi connectivity index (χ4n) is 2.05. The fraction of sp³-hybridized carbons (Fsp3) is 0.250. The summed E-state index contributed by atoms with van der Waals surface area (Å²) in [5.74, 6) is -0.251. The Kier molecular flexibility index (Phi) is 5.17. The number of hydrogen-bond acceptors (Lipinski definition) is 3. The Morgan fingerprint density at radius 2 is 1.50 bits per heavy atom. The first-order chi connectivity index (χ1) is 10.3. The van der Waals surface area contributed by atoms with E-state index in [4.69, 9.17) is 23.2 Å². The number of halogens is 2. The predicted molar refractivity (Wildman–Crippen MR) is 90.7 cm³/mol. The Bertz CT molecular complexity index is 726. The summed E-state index contributed by atoms with van der Waals surface area (Å²) in [6.45, 7) is 1.43. The highest BCUT2D eigenvalue weighted by Gasteiger charge is 2.46. The van der Waals surface area contributed by atoms with Gasteiger partial charge in [0.25, 0.3) is 0 Å². The topological polar surface area (TPSA) is 54.4 Å². The molecule has 0 bridgehead atoms. The summed E-state index contributed by atoms with van der Waals surface area (Å²) in [4.78, 5) is 0. The highest BCUT2D eigenvalue weighted by atomic mass is 35.5. The van der Waals surface area contributed by atoms with Crippen molar-refractivity contribution in [2.75, 3.05) is 5.75 Å². The lowest BCUT2D eigenvalue weighted by atomic mass is 10.0. The SMILES string of the molecule is CCS(=O)(=O)C(Cl)(Cl)[C@@H](O)c1ccc(-c2ccccc2)cc1. The Balaban J connectivity index is 2.31.